The van der Waals surface area contributed by atoms with Crippen LogP contribution >= 0.6 is 11.6 Å². The standard InChI is InChI=1S/C11H16ClNO2/c1-11(14,7-13)6-8-5-9(12)3-4-10(8)15-2/h3-5,14H,6-7,13H2,1-2H3. The molecule has 1 rings (SSSR count). The van der Waals surface area contributed by atoms with Crippen molar-refractivity contribution in [2.24, 2.45) is 5.73 Å². The van der Waals surface area contributed by atoms with Gasteiger partial charge in [-0.2, -0.15) is 0 Å². The molecular formula is C11H16ClNO2. The zero-order chi connectivity index (χ0) is 11.5. The van der Waals surface area contributed by atoms with Crippen LogP contribution < -0.4 is 10.5 Å². The van der Waals surface area contributed by atoms with Crippen molar-refractivity contribution in [1.29, 1.82) is 0 Å². The van der Waals surface area contributed by atoms with Gasteiger partial charge in [0.05, 0.1) is 12.7 Å². The minimum Gasteiger partial charge on any atom is -0.496 e. The molecule has 4 heteroatoms. The van der Waals surface area contributed by atoms with Crippen LogP contribution in [0, 0.1) is 0 Å². The van der Waals surface area contributed by atoms with Crippen molar-refractivity contribution in [3.8, 4) is 5.75 Å². The van der Waals surface area contributed by atoms with E-state index < -0.39 is 5.60 Å². The molecule has 3 nitrogen and oxygen atoms in total. The van der Waals surface area contributed by atoms with Gasteiger partial charge in [-0.3, -0.25) is 0 Å². The second-order valence-corrected chi connectivity index (χ2v) is 4.27. The Balaban J connectivity index is 2.97. The summed E-state index contributed by atoms with van der Waals surface area (Å²) in [4.78, 5) is 0. The lowest BCUT2D eigenvalue weighted by molar-refractivity contribution is 0.0690. The second kappa shape index (κ2) is 4.84. The highest BCUT2D eigenvalue weighted by molar-refractivity contribution is 6.30. The first-order chi connectivity index (χ1) is 6.98. The van der Waals surface area contributed by atoms with Gasteiger partial charge < -0.3 is 15.6 Å². The molecule has 1 unspecified atom stereocenters. The molecule has 0 aliphatic heterocycles. The zero-order valence-electron chi connectivity index (χ0n) is 8.96. The van der Waals surface area contributed by atoms with E-state index in [0.717, 1.165) is 5.56 Å². The molecule has 0 saturated carbocycles. The van der Waals surface area contributed by atoms with Gasteiger partial charge in [0.15, 0.2) is 0 Å². The Morgan fingerprint density at radius 3 is 2.73 bits per heavy atom. The van der Waals surface area contributed by atoms with Crippen LogP contribution in [0.3, 0.4) is 0 Å². The minimum atomic E-state index is -0.933. The summed E-state index contributed by atoms with van der Waals surface area (Å²) < 4.78 is 5.18. The van der Waals surface area contributed by atoms with Gasteiger partial charge in [-0.15, -0.1) is 0 Å². The number of halogens is 1. The zero-order valence-corrected chi connectivity index (χ0v) is 9.71. The molecule has 84 valence electrons. The van der Waals surface area contributed by atoms with Crippen LogP contribution in [-0.2, 0) is 6.42 Å². The third-order valence-electron chi connectivity index (χ3n) is 2.25. The van der Waals surface area contributed by atoms with Gasteiger partial charge in [0.25, 0.3) is 0 Å². The highest BCUT2D eigenvalue weighted by atomic mass is 35.5. The summed E-state index contributed by atoms with van der Waals surface area (Å²) in [6.45, 7) is 1.88. The monoisotopic (exact) mass is 229 g/mol. The van der Waals surface area contributed by atoms with Crippen LogP contribution in [0.15, 0.2) is 18.2 Å². The molecule has 0 spiro atoms. The maximum absolute atomic E-state index is 9.86. The number of hydrogen-bond acceptors (Lipinski definition) is 3. The molecule has 0 heterocycles. The van der Waals surface area contributed by atoms with E-state index in [1.54, 1.807) is 32.2 Å². The Morgan fingerprint density at radius 2 is 2.20 bits per heavy atom. The van der Waals surface area contributed by atoms with E-state index in [1.165, 1.54) is 0 Å². The highest BCUT2D eigenvalue weighted by Crippen LogP contribution is 2.26. The molecule has 3 N–H and O–H groups in total. The molecule has 0 aliphatic rings. The molecule has 0 aromatic heterocycles. The molecule has 0 amide bonds. The van der Waals surface area contributed by atoms with Crippen molar-refractivity contribution in [2.75, 3.05) is 13.7 Å². The fourth-order valence-corrected chi connectivity index (χ4v) is 1.56. The Kier molecular flexibility index (Phi) is 3.97. The first-order valence-corrected chi connectivity index (χ1v) is 5.11. The van der Waals surface area contributed by atoms with Crippen molar-refractivity contribution < 1.29 is 9.84 Å². The Hall–Kier alpha value is -0.770. The summed E-state index contributed by atoms with van der Waals surface area (Å²) in [6.07, 6.45) is 0.424. The van der Waals surface area contributed by atoms with Crippen LogP contribution in [0.1, 0.15) is 12.5 Å². The van der Waals surface area contributed by atoms with E-state index >= 15 is 0 Å². The first-order valence-electron chi connectivity index (χ1n) is 4.73. The van der Waals surface area contributed by atoms with Crippen LogP contribution in [0.4, 0.5) is 0 Å². The van der Waals surface area contributed by atoms with E-state index in [0.29, 0.717) is 17.2 Å². The van der Waals surface area contributed by atoms with Gasteiger partial charge >= 0.3 is 0 Å². The van der Waals surface area contributed by atoms with Gasteiger partial charge in [-0.25, -0.2) is 0 Å². The largest absolute Gasteiger partial charge is 0.496 e. The molecular weight excluding hydrogens is 214 g/mol. The SMILES string of the molecule is COc1ccc(Cl)cc1CC(C)(O)CN. The number of hydrogen-bond donors (Lipinski definition) is 2. The second-order valence-electron chi connectivity index (χ2n) is 3.83. The van der Waals surface area contributed by atoms with Crippen molar-refractivity contribution in [3.63, 3.8) is 0 Å². The van der Waals surface area contributed by atoms with E-state index in [4.69, 9.17) is 22.1 Å². The molecule has 0 fully saturated rings. The fourth-order valence-electron chi connectivity index (χ4n) is 1.37. The highest BCUT2D eigenvalue weighted by Gasteiger charge is 2.20. The van der Waals surface area contributed by atoms with Crippen LogP contribution in [0.2, 0.25) is 5.02 Å². The third-order valence-corrected chi connectivity index (χ3v) is 2.49. The number of ether oxygens (including phenoxy) is 1. The number of benzene rings is 1. The predicted molar refractivity (Wildman–Crippen MR) is 61.4 cm³/mol. The lowest BCUT2D eigenvalue weighted by atomic mass is 9.96. The van der Waals surface area contributed by atoms with Crippen LogP contribution in [0.5, 0.6) is 5.75 Å². The minimum absolute atomic E-state index is 0.197. The number of nitrogens with two attached hydrogens (primary N) is 1. The van der Waals surface area contributed by atoms with E-state index in [2.05, 4.69) is 0 Å². The van der Waals surface area contributed by atoms with Crippen molar-refractivity contribution in [1.82, 2.24) is 0 Å². The molecule has 0 aliphatic carbocycles. The third kappa shape index (κ3) is 3.38. The van der Waals surface area contributed by atoms with Gasteiger partial charge in [-0.05, 0) is 30.7 Å². The maximum Gasteiger partial charge on any atom is 0.122 e. The molecule has 1 aromatic rings. The summed E-state index contributed by atoms with van der Waals surface area (Å²) in [7, 11) is 1.59. The summed E-state index contributed by atoms with van der Waals surface area (Å²) in [6, 6.07) is 5.32. The van der Waals surface area contributed by atoms with Gasteiger partial charge in [0, 0.05) is 18.0 Å². The van der Waals surface area contributed by atoms with Crippen LogP contribution in [-0.4, -0.2) is 24.4 Å². The van der Waals surface area contributed by atoms with Crippen molar-refractivity contribution in [2.45, 2.75) is 18.9 Å². The normalized spacial score (nSPS) is 14.7. The average molecular weight is 230 g/mol. The summed E-state index contributed by atoms with van der Waals surface area (Å²) >= 11 is 5.88. The van der Waals surface area contributed by atoms with Gasteiger partial charge in [-0.1, -0.05) is 11.6 Å². The molecule has 1 atom stereocenters. The van der Waals surface area contributed by atoms with E-state index in [9.17, 15) is 5.11 Å². The van der Waals surface area contributed by atoms with Crippen molar-refractivity contribution in [3.05, 3.63) is 28.8 Å². The van der Waals surface area contributed by atoms with Gasteiger partial charge in [0.2, 0.25) is 0 Å². The number of methoxy groups -OCH3 is 1. The Labute approximate surface area is 94.8 Å². The lowest BCUT2D eigenvalue weighted by Gasteiger charge is -2.22. The topological polar surface area (TPSA) is 55.5 Å². The lowest BCUT2D eigenvalue weighted by Crippen LogP contribution is -2.36. The predicted octanol–water partition coefficient (Wildman–Crippen LogP) is 1.60. The number of aliphatic hydroxyl groups is 1. The van der Waals surface area contributed by atoms with Crippen molar-refractivity contribution >= 4 is 11.6 Å². The Morgan fingerprint density at radius 1 is 1.53 bits per heavy atom. The van der Waals surface area contributed by atoms with E-state index in [-0.39, 0.29) is 6.54 Å². The number of rotatable bonds is 4. The molecule has 0 radical (unpaired) electrons. The summed E-state index contributed by atoms with van der Waals surface area (Å²) in [5, 5.41) is 10.5. The average Bonchev–Trinajstić information content (AvgIpc) is 2.18. The summed E-state index contributed by atoms with van der Waals surface area (Å²) in [5.41, 5.74) is 5.39. The summed E-state index contributed by atoms with van der Waals surface area (Å²) in [5.74, 6) is 0.716. The van der Waals surface area contributed by atoms with Crippen LogP contribution in [0.25, 0.3) is 0 Å². The molecule has 0 saturated heterocycles. The Bertz CT molecular complexity index is 339. The smallest absolute Gasteiger partial charge is 0.122 e. The quantitative estimate of drug-likeness (QED) is 0.825. The first kappa shape index (κ1) is 12.3. The molecule has 1 aromatic carbocycles. The fraction of sp³-hybridized carbons (Fsp3) is 0.455. The molecule has 0 bridgehead atoms. The van der Waals surface area contributed by atoms with Gasteiger partial charge in [0.1, 0.15) is 5.75 Å². The maximum atomic E-state index is 9.86. The van der Waals surface area contributed by atoms with E-state index in [1.807, 2.05) is 0 Å². The molecule has 15 heavy (non-hydrogen) atoms.